The predicted octanol–water partition coefficient (Wildman–Crippen LogP) is 3.03. The zero-order valence-corrected chi connectivity index (χ0v) is 22.9. The normalized spacial score (nSPS) is 17.7. The molecule has 1 aromatic carbocycles. The van der Waals surface area contributed by atoms with Crippen molar-refractivity contribution in [2.24, 2.45) is 0 Å². The van der Waals surface area contributed by atoms with Crippen LogP contribution in [0.25, 0.3) is 0 Å². The monoisotopic (exact) mass is 562 g/mol. The van der Waals surface area contributed by atoms with Gasteiger partial charge in [0, 0.05) is 26.2 Å². The van der Waals surface area contributed by atoms with E-state index in [2.05, 4.69) is 44.4 Å². The van der Waals surface area contributed by atoms with E-state index in [1.807, 2.05) is 24.3 Å². The highest BCUT2D eigenvalue weighted by Crippen LogP contribution is 2.08. The number of benzene rings is 1. The molecule has 0 aliphatic carbocycles. The third-order valence-electron chi connectivity index (χ3n) is 6.30. The lowest BCUT2D eigenvalue weighted by molar-refractivity contribution is 0.0928. The Morgan fingerprint density at radius 3 is 1.12 bits per heavy atom. The number of fused-ring (bicyclic) bond motifs is 13. The van der Waals surface area contributed by atoms with Crippen LogP contribution in [0.4, 0.5) is 0 Å². The lowest BCUT2D eigenvalue weighted by Gasteiger charge is -2.10. The number of nitrogens with zero attached hydrogens (tertiary/aromatic N) is 2. The van der Waals surface area contributed by atoms with Crippen LogP contribution in [0.3, 0.4) is 0 Å². The Balaban J connectivity index is 1.58. The van der Waals surface area contributed by atoms with E-state index in [1.54, 1.807) is 36.4 Å². The highest BCUT2D eigenvalue weighted by molar-refractivity contribution is 5.97. The van der Waals surface area contributed by atoms with Crippen molar-refractivity contribution in [2.45, 2.75) is 13.1 Å². The van der Waals surface area contributed by atoms with E-state index in [-0.39, 0.29) is 49.0 Å². The van der Waals surface area contributed by atoms with Crippen LogP contribution in [0.15, 0.2) is 109 Å². The number of amides is 4. The van der Waals surface area contributed by atoms with Crippen LogP contribution < -0.4 is 21.3 Å². The second-order valence-corrected chi connectivity index (χ2v) is 9.25. The van der Waals surface area contributed by atoms with Gasteiger partial charge in [-0.2, -0.15) is 0 Å². The zero-order chi connectivity index (χ0) is 29.9. The van der Waals surface area contributed by atoms with Crippen LogP contribution in [0.1, 0.15) is 53.1 Å². The predicted molar refractivity (Wildman–Crippen MR) is 158 cm³/mol. The Bertz CT molecular complexity index is 1470. The maximum atomic E-state index is 12.8. The second kappa shape index (κ2) is 14.1. The SMILES string of the molecule is C=C/C1=C\C=C(/C=C)CNC(=O)c2cccc(n2)C(=O)NCc2ccc(cc2)CNC(=O)c2cccc(n2)C(=O)NC1. The fraction of sp³-hybridized carbons (Fsp3) is 0.125. The van der Waals surface area contributed by atoms with Gasteiger partial charge >= 0.3 is 0 Å². The van der Waals surface area contributed by atoms with Crippen LogP contribution >= 0.6 is 0 Å². The molecule has 2 aromatic heterocycles. The molecule has 0 saturated carbocycles. The summed E-state index contributed by atoms with van der Waals surface area (Å²) in [6, 6.07) is 16.7. The number of hydrogen-bond acceptors (Lipinski definition) is 6. The minimum Gasteiger partial charge on any atom is -0.347 e. The molecule has 5 rings (SSSR count). The molecule has 0 atom stereocenters. The summed E-state index contributed by atoms with van der Waals surface area (Å²) in [5.41, 5.74) is 3.48. The van der Waals surface area contributed by atoms with Crippen LogP contribution in [0, 0.1) is 0 Å². The number of nitrogens with one attached hydrogen (secondary N) is 4. The van der Waals surface area contributed by atoms with E-state index in [4.69, 9.17) is 0 Å². The number of aromatic nitrogens is 2. The lowest BCUT2D eigenvalue weighted by Crippen LogP contribution is -2.29. The fourth-order valence-corrected chi connectivity index (χ4v) is 3.85. The maximum absolute atomic E-state index is 12.8. The molecule has 2 aliphatic rings. The van der Waals surface area contributed by atoms with E-state index in [9.17, 15) is 19.2 Å². The summed E-state index contributed by atoms with van der Waals surface area (Å²) in [6.07, 6.45) is 6.67. The van der Waals surface area contributed by atoms with Crippen molar-refractivity contribution in [2.75, 3.05) is 13.1 Å². The molecule has 6 bridgehead atoms. The first-order chi connectivity index (χ1) is 20.4. The van der Waals surface area contributed by atoms with Gasteiger partial charge in [-0.1, -0.05) is 73.9 Å². The van der Waals surface area contributed by atoms with Crippen molar-refractivity contribution in [3.8, 4) is 0 Å². The van der Waals surface area contributed by atoms with Gasteiger partial charge < -0.3 is 21.3 Å². The van der Waals surface area contributed by atoms with Gasteiger partial charge in [-0.05, 0) is 46.5 Å². The molecule has 0 saturated heterocycles. The summed E-state index contributed by atoms with van der Waals surface area (Å²) in [4.78, 5) is 59.4. The molecule has 2 aliphatic heterocycles. The molecule has 0 spiro atoms. The molecular weight excluding hydrogens is 532 g/mol. The van der Waals surface area contributed by atoms with Gasteiger partial charge in [0.25, 0.3) is 23.6 Å². The smallest absolute Gasteiger partial charge is 0.270 e. The third kappa shape index (κ3) is 7.95. The van der Waals surface area contributed by atoms with Crippen molar-refractivity contribution >= 4 is 23.6 Å². The second-order valence-electron chi connectivity index (χ2n) is 9.25. The van der Waals surface area contributed by atoms with Crippen molar-refractivity contribution < 1.29 is 19.2 Å². The van der Waals surface area contributed by atoms with Gasteiger partial charge in [0.1, 0.15) is 22.8 Å². The standard InChI is InChI=1S/C32H30N6O4/c1-3-21-11-12-22(4-2)18-34-30(40)26-8-6-10-28(38-26)32(42)36-20-24-15-13-23(14-16-24)19-35-31(41)27-9-5-7-25(37-27)29(39)33-17-21/h3-16H,1-2,17-20H2,(H,33,39)(H,34,40)(H,35,41)(H,36,42)/b21-11+,22-12+. The number of allylic oxidation sites excluding steroid dienone is 2. The summed E-state index contributed by atoms with van der Waals surface area (Å²) in [7, 11) is 0. The van der Waals surface area contributed by atoms with Gasteiger partial charge in [0.15, 0.2) is 0 Å². The van der Waals surface area contributed by atoms with E-state index >= 15 is 0 Å². The molecule has 10 nitrogen and oxygen atoms in total. The molecule has 4 heterocycles. The van der Waals surface area contributed by atoms with E-state index in [0.717, 1.165) is 11.1 Å². The highest BCUT2D eigenvalue weighted by Gasteiger charge is 2.14. The maximum Gasteiger partial charge on any atom is 0.270 e. The van der Waals surface area contributed by atoms with Gasteiger partial charge in [-0.3, -0.25) is 19.2 Å². The number of carbonyl (C=O) groups excluding carboxylic acids is 4. The number of carbonyl (C=O) groups is 4. The average molecular weight is 563 g/mol. The minimum absolute atomic E-state index is 0.0987. The first kappa shape index (κ1) is 29.3. The summed E-state index contributed by atoms with van der Waals surface area (Å²) < 4.78 is 0. The Morgan fingerprint density at radius 2 is 0.810 bits per heavy atom. The molecule has 0 radical (unpaired) electrons. The van der Waals surface area contributed by atoms with Gasteiger partial charge in [0.05, 0.1) is 0 Å². The Morgan fingerprint density at radius 1 is 0.500 bits per heavy atom. The molecule has 10 heteroatoms. The van der Waals surface area contributed by atoms with Crippen LogP contribution in [0.2, 0.25) is 0 Å². The summed E-state index contributed by atoms with van der Waals surface area (Å²) in [5, 5.41) is 11.2. The third-order valence-corrected chi connectivity index (χ3v) is 6.30. The van der Waals surface area contributed by atoms with Gasteiger partial charge in [0.2, 0.25) is 0 Å². The van der Waals surface area contributed by atoms with E-state index < -0.39 is 23.6 Å². The summed E-state index contributed by atoms with van der Waals surface area (Å²) >= 11 is 0. The molecule has 4 amide bonds. The van der Waals surface area contributed by atoms with Crippen molar-refractivity contribution in [3.63, 3.8) is 0 Å². The lowest BCUT2D eigenvalue weighted by atomic mass is 10.1. The molecular formula is C32H30N6O4. The Kier molecular flexibility index (Phi) is 9.87. The zero-order valence-electron chi connectivity index (χ0n) is 22.9. The van der Waals surface area contributed by atoms with E-state index in [0.29, 0.717) is 11.1 Å². The first-order valence-corrected chi connectivity index (χ1v) is 13.2. The van der Waals surface area contributed by atoms with Crippen LogP contribution in [-0.4, -0.2) is 46.7 Å². The van der Waals surface area contributed by atoms with Gasteiger partial charge in [-0.25, -0.2) is 9.97 Å². The Labute approximate surface area is 243 Å². The highest BCUT2D eigenvalue weighted by atomic mass is 16.2. The van der Waals surface area contributed by atoms with Crippen molar-refractivity contribution in [3.05, 3.63) is 143 Å². The van der Waals surface area contributed by atoms with Crippen molar-refractivity contribution in [1.82, 2.24) is 31.2 Å². The number of pyridine rings is 2. The van der Waals surface area contributed by atoms with Crippen LogP contribution in [-0.2, 0) is 13.1 Å². The Hall–Kier alpha value is -5.64. The quantitative estimate of drug-likeness (QED) is 0.378. The molecule has 42 heavy (non-hydrogen) atoms. The fourth-order valence-electron chi connectivity index (χ4n) is 3.85. The summed E-state index contributed by atoms with van der Waals surface area (Å²) in [5.74, 6) is -1.73. The minimum atomic E-state index is -0.448. The largest absolute Gasteiger partial charge is 0.347 e. The molecule has 3 aromatic rings. The topological polar surface area (TPSA) is 142 Å². The molecule has 4 N–H and O–H groups in total. The van der Waals surface area contributed by atoms with Crippen molar-refractivity contribution in [1.29, 1.82) is 0 Å². The summed E-state index contributed by atoms with van der Waals surface area (Å²) in [6.45, 7) is 8.39. The molecule has 212 valence electrons. The van der Waals surface area contributed by atoms with E-state index in [1.165, 1.54) is 24.3 Å². The van der Waals surface area contributed by atoms with Crippen LogP contribution in [0.5, 0.6) is 0 Å². The first-order valence-electron chi connectivity index (χ1n) is 13.2. The molecule has 0 unspecified atom stereocenters. The average Bonchev–Trinajstić information content (AvgIpc) is 3.03. The number of rotatable bonds is 2. The molecule has 0 fully saturated rings. The van der Waals surface area contributed by atoms with Gasteiger partial charge in [-0.15, -0.1) is 0 Å². The number of hydrogen-bond donors (Lipinski definition) is 4.